The normalized spacial score (nSPS) is 22.0. The van der Waals surface area contributed by atoms with Gasteiger partial charge in [0.05, 0.1) is 13.2 Å². The topological polar surface area (TPSA) is 97.4 Å². The van der Waals surface area contributed by atoms with Gasteiger partial charge in [-0.2, -0.15) is 0 Å². The summed E-state index contributed by atoms with van der Waals surface area (Å²) in [6.45, 7) is 3.45. The Balaban J connectivity index is 1.28. The van der Waals surface area contributed by atoms with Gasteiger partial charge in [-0.3, -0.25) is 14.4 Å². The molecule has 0 radical (unpaired) electrons. The maximum absolute atomic E-state index is 13.5. The van der Waals surface area contributed by atoms with Crippen LogP contribution in [0.4, 0.5) is 0 Å². The van der Waals surface area contributed by atoms with E-state index in [4.69, 9.17) is 14.2 Å². The highest BCUT2D eigenvalue weighted by atomic mass is 16.7. The Labute approximate surface area is 199 Å². The Morgan fingerprint density at radius 2 is 1.59 bits per heavy atom. The summed E-state index contributed by atoms with van der Waals surface area (Å²) in [5.41, 5.74) is 0.429. The lowest BCUT2D eigenvalue weighted by atomic mass is 9.87. The number of rotatable bonds is 5. The van der Waals surface area contributed by atoms with Crippen LogP contribution in [-0.2, 0) is 14.3 Å². The summed E-state index contributed by atoms with van der Waals surface area (Å²) in [5.74, 6) is 1.15. The van der Waals surface area contributed by atoms with Gasteiger partial charge < -0.3 is 29.3 Å². The first-order valence-electron chi connectivity index (χ1n) is 12.5. The van der Waals surface area contributed by atoms with Crippen LogP contribution in [0.3, 0.4) is 0 Å². The minimum absolute atomic E-state index is 0.0269. The SMILES string of the molecule is O=C(NC(C(=O)N1CCOCC1)C1CCN(C(=O)C2CCCC2)CC1)c1ccc2c(c1)OCO2. The Kier molecular flexibility index (Phi) is 6.89. The van der Waals surface area contributed by atoms with Gasteiger partial charge in [0.1, 0.15) is 6.04 Å². The number of benzene rings is 1. The molecule has 184 valence electrons. The molecule has 3 amide bonds. The molecule has 0 spiro atoms. The zero-order valence-electron chi connectivity index (χ0n) is 19.5. The number of nitrogens with zero attached hydrogens (tertiary/aromatic N) is 2. The van der Waals surface area contributed by atoms with Crippen LogP contribution in [0.15, 0.2) is 18.2 Å². The number of morpholine rings is 1. The maximum atomic E-state index is 13.5. The van der Waals surface area contributed by atoms with Crippen LogP contribution in [-0.4, -0.2) is 79.7 Å². The summed E-state index contributed by atoms with van der Waals surface area (Å²) >= 11 is 0. The molecule has 3 fully saturated rings. The van der Waals surface area contributed by atoms with Gasteiger partial charge in [-0.05, 0) is 49.8 Å². The van der Waals surface area contributed by atoms with E-state index in [1.165, 1.54) is 0 Å². The molecule has 34 heavy (non-hydrogen) atoms. The van der Waals surface area contributed by atoms with Crippen LogP contribution < -0.4 is 14.8 Å². The van der Waals surface area contributed by atoms with Crippen LogP contribution >= 0.6 is 0 Å². The number of hydrogen-bond acceptors (Lipinski definition) is 6. The Bertz CT molecular complexity index is 917. The molecule has 1 atom stereocenters. The molecule has 1 aliphatic carbocycles. The van der Waals surface area contributed by atoms with E-state index < -0.39 is 6.04 Å². The van der Waals surface area contributed by atoms with Crippen molar-refractivity contribution in [3.05, 3.63) is 23.8 Å². The lowest BCUT2D eigenvalue weighted by molar-refractivity contribution is -0.140. The fourth-order valence-electron chi connectivity index (χ4n) is 5.51. The van der Waals surface area contributed by atoms with E-state index in [1.807, 2.05) is 4.90 Å². The maximum Gasteiger partial charge on any atom is 0.252 e. The van der Waals surface area contributed by atoms with E-state index >= 15 is 0 Å². The Morgan fingerprint density at radius 3 is 2.32 bits per heavy atom. The zero-order chi connectivity index (χ0) is 23.5. The van der Waals surface area contributed by atoms with Gasteiger partial charge in [-0.1, -0.05) is 12.8 Å². The predicted octanol–water partition coefficient (Wildman–Crippen LogP) is 1.80. The van der Waals surface area contributed by atoms with Gasteiger partial charge in [0.15, 0.2) is 11.5 Å². The van der Waals surface area contributed by atoms with E-state index in [2.05, 4.69) is 5.32 Å². The number of hydrogen-bond donors (Lipinski definition) is 1. The molecular weight excluding hydrogens is 438 g/mol. The first-order valence-corrected chi connectivity index (χ1v) is 12.5. The highest BCUT2D eigenvalue weighted by Gasteiger charge is 2.38. The van der Waals surface area contributed by atoms with Gasteiger partial charge in [0.2, 0.25) is 18.6 Å². The largest absolute Gasteiger partial charge is 0.454 e. The molecule has 3 aliphatic heterocycles. The molecule has 2 saturated heterocycles. The number of ether oxygens (including phenoxy) is 3. The number of likely N-dealkylation sites (tertiary alicyclic amines) is 1. The van der Waals surface area contributed by atoms with Crippen LogP contribution in [0.1, 0.15) is 48.9 Å². The molecule has 9 nitrogen and oxygen atoms in total. The molecule has 1 aromatic carbocycles. The molecule has 4 aliphatic rings. The molecule has 0 aromatic heterocycles. The Hall–Kier alpha value is -2.81. The zero-order valence-corrected chi connectivity index (χ0v) is 19.5. The molecule has 1 saturated carbocycles. The van der Waals surface area contributed by atoms with Crippen LogP contribution in [0.5, 0.6) is 11.5 Å². The Morgan fingerprint density at radius 1 is 0.882 bits per heavy atom. The van der Waals surface area contributed by atoms with Crippen molar-refractivity contribution in [1.29, 1.82) is 0 Å². The second-order valence-corrected chi connectivity index (χ2v) is 9.60. The van der Waals surface area contributed by atoms with Crippen molar-refractivity contribution in [3.63, 3.8) is 0 Å². The summed E-state index contributed by atoms with van der Waals surface area (Å²) in [4.78, 5) is 43.3. The third kappa shape index (κ3) is 4.85. The van der Waals surface area contributed by atoms with Gasteiger partial charge >= 0.3 is 0 Å². The molecule has 1 aromatic rings. The van der Waals surface area contributed by atoms with E-state index in [-0.39, 0.29) is 36.4 Å². The number of piperidine rings is 1. The fourth-order valence-corrected chi connectivity index (χ4v) is 5.51. The third-order valence-corrected chi connectivity index (χ3v) is 7.54. The van der Waals surface area contributed by atoms with Crippen LogP contribution in [0.25, 0.3) is 0 Å². The summed E-state index contributed by atoms with van der Waals surface area (Å²) in [7, 11) is 0. The average Bonchev–Trinajstić information content (AvgIpc) is 3.59. The second-order valence-electron chi connectivity index (χ2n) is 9.60. The molecule has 1 N–H and O–H groups in total. The first-order chi connectivity index (χ1) is 16.6. The van der Waals surface area contributed by atoms with E-state index in [0.29, 0.717) is 69.3 Å². The van der Waals surface area contributed by atoms with Gasteiger partial charge in [0, 0.05) is 37.7 Å². The molecule has 5 rings (SSSR count). The quantitative estimate of drug-likeness (QED) is 0.704. The summed E-state index contributed by atoms with van der Waals surface area (Å²) < 4.78 is 16.1. The fraction of sp³-hybridized carbons (Fsp3) is 0.640. The van der Waals surface area contributed by atoms with Gasteiger partial charge in [-0.15, -0.1) is 0 Å². The van der Waals surface area contributed by atoms with Crippen molar-refractivity contribution in [2.45, 2.75) is 44.6 Å². The number of carbonyl (C=O) groups is 3. The van der Waals surface area contributed by atoms with Crippen molar-refractivity contribution in [2.75, 3.05) is 46.2 Å². The van der Waals surface area contributed by atoms with Crippen molar-refractivity contribution < 1.29 is 28.6 Å². The summed E-state index contributed by atoms with van der Waals surface area (Å²) in [6.07, 6.45) is 5.63. The van der Waals surface area contributed by atoms with Crippen molar-refractivity contribution in [1.82, 2.24) is 15.1 Å². The second kappa shape index (κ2) is 10.2. The molecule has 9 heteroatoms. The van der Waals surface area contributed by atoms with Crippen molar-refractivity contribution in [3.8, 4) is 11.5 Å². The lowest BCUT2D eigenvalue weighted by Gasteiger charge is -2.39. The summed E-state index contributed by atoms with van der Waals surface area (Å²) in [5, 5.41) is 3.02. The van der Waals surface area contributed by atoms with E-state index in [0.717, 1.165) is 25.7 Å². The number of amides is 3. The lowest BCUT2D eigenvalue weighted by Crippen LogP contribution is -2.56. The van der Waals surface area contributed by atoms with Crippen LogP contribution in [0.2, 0.25) is 0 Å². The number of carbonyl (C=O) groups excluding carboxylic acids is 3. The summed E-state index contributed by atoms with van der Waals surface area (Å²) in [6, 6.07) is 4.40. The standard InChI is InChI=1S/C25H33N3O6/c29-23(19-5-6-20-21(15-19)34-16-33-20)26-22(25(31)28-11-13-32-14-12-28)17-7-9-27(10-8-17)24(30)18-3-1-2-4-18/h5-6,15,17-18,22H,1-4,7-14,16H2,(H,26,29). The molecule has 3 heterocycles. The minimum atomic E-state index is -0.639. The van der Waals surface area contributed by atoms with E-state index in [1.54, 1.807) is 23.1 Å². The number of fused-ring (bicyclic) bond motifs is 1. The highest BCUT2D eigenvalue weighted by molar-refractivity contribution is 5.98. The molecule has 0 bridgehead atoms. The molecule has 1 unspecified atom stereocenters. The van der Waals surface area contributed by atoms with Crippen molar-refractivity contribution >= 4 is 17.7 Å². The first kappa shape index (κ1) is 23.0. The molecular formula is C25H33N3O6. The minimum Gasteiger partial charge on any atom is -0.454 e. The third-order valence-electron chi connectivity index (χ3n) is 7.54. The highest BCUT2D eigenvalue weighted by Crippen LogP contribution is 2.33. The van der Waals surface area contributed by atoms with Gasteiger partial charge in [0.25, 0.3) is 5.91 Å². The monoisotopic (exact) mass is 471 g/mol. The van der Waals surface area contributed by atoms with Gasteiger partial charge in [-0.25, -0.2) is 0 Å². The van der Waals surface area contributed by atoms with E-state index in [9.17, 15) is 14.4 Å². The average molecular weight is 472 g/mol. The number of nitrogens with one attached hydrogen (secondary N) is 1. The smallest absolute Gasteiger partial charge is 0.252 e. The predicted molar refractivity (Wildman–Crippen MR) is 122 cm³/mol. The van der Waals surface area contributed by atoms with Crippen LogP contribution in [0, 0.1) is 11.8 Å². The van der Waals surface area contributed by atoms with Crippen molar-refractivity contribution in [2.24, 2.45) is 11.8 Å².